The standard InChI is InChI=1S/C24H24N4O3/c1-31-14-6-12-25-21(29)15-28-20-10-5-3-7-16(20)17-11-13-27-23(22(17)28)26-19-9-4-2-8-18(19)24(27)30/h2-5,7-10H,6,11-15H2,1H3,(H,25,29). The summed E-state index contributed by atoms with van der Waals surface area (Å²) in [5, 5.41) is 4.69. The van der Waals surface area contributed by atoms with Crippen LogP contribution in [-0.4, -0.2) is 40.3 Å². The summed E-state index contributed by atoms with van der Waals surface area (Å²) in [5.41, 5.74) is 3.63. The number of rotatable bonds is 6. The van der Waals surface area contributed by atoms with Gasteiger partial charge in [-0.3, -0.25) is 14.2 Å². The van der Waals surface area contributed by atoms with Gasteiger partial charge in [0.05, 0.1) is 16.6 Å². The zero-order chi connectivity index (χ0) is 21.4. The van der Waals surface area contributed by atoms with Crippen molar-refractivity contribution in [1.82, 2.24) is 19.4 Å². The summed E-state index contributed by atoms with van der Waals surface area (Å²) >= 11 is 0. The molecule has 7 nitrogen and oxygen atoms in total. The molecule has 1 amide bonds. The fourth-order valence-corrected chi connectivity index (χ4v) is 4.47. The Kier molecular flexibility index (Phi) is 5.03. The van der Waals surface area contributed by atoms with Crippen LogP contribution in [0.3, 0.4) is 0 Å². The van der Waals surface area contributed by atoms with Gasteiger partial charge >= 0.3 is 0 Å². The second kappa shape index (κ2) is 8.00. The number of nitrogens with zero attached hydrogens (tertiary/aromatic N) is 3. The van der Waals surface area contributed by atoms with Crippen molar-refractivity contribution >= 4 is 27.7 Å². The van der Waals surface area contributed by atoms with Gasteiger partial charge in [0.1, 0.15) is 6.54 Å². The fourth-order valence-electron chi connectivity index (χ4n) is 4.47. The van der Waals surface area contributed by atoms with Crippen molar-refractivity contribution in [2.45, 2.75) is 25.9 Å². The number of benzene rings is 2. The lowest BCUT2D eigenvalue weighted by Crippen LogP contribution is -2.31. The maximum atomic E-state index is 13.2. The quantitative estimate of drug-likeness (QED) is 0.490. The van der Waals surface area contributed by atoms with Crippen LogP contribution >= 0.6 is 0 Å². The summed E-state index contributed by atoms with van der Waals surface area (Å²) in [6.45, 7) is 1.92. The number of fused-ring (bicyclic) bond motifs is 6. The van der Waals surface area contributed by atoms with E-state index in [1.807, 2.05) is 47.0 Å². The number of methoxy groups -OCH3 is 1. The van der Waals surface area contributed by atoms with Gasteiger partial charge < -0.3 is 14.6 Å². The third-order valence-corrected chi connectivity index (χ3v) is 5.88. The molecule has 4 aromatic rings. The van der Waals surface area contributed by atoms with Gasteiger partial charge in [-0.1, -0.05) is 30.3 Å². The van der Waals surface area contributed by atoms with Crippen molar-refractivity contribution in [2.75, 3.05) is 20.3 Å². The average molecular weight is 416 g/mol. The highest BCUT2D eigenvalue weighted by Crippen LogP contribution is 2.36. The van der Waals surface area contributed by atoms with E-state index < -0.39 is 0 Å². The molecule has 0 saturated heterocycles. The highest BCUT2D eigenvalue weighted by molar-refractivity contribution is 5.93. The lowest BCUT2D eigenvalue weighted by molar-refractivity contribution is -0.121. The second-order valence-electron chi connectivity index (χ2n) is 7.79. The van der Waals surface area contributed by atoms with Crippen LogP contribution < -0.4 is 10.9 Å². The molecule has 0 bridgehead atoms. The van der Waals surface area contributed by atoms with E-state index in [2.05, 4.69) is 11.4 Å². The van der Waals surface area contributed by atoms with Gasteiger partial charge in [-0.2, -0.15) is 0 Å². The van der Waals surface area contributed by atoms with Gasteiger partial charge in [0, 0.05) is 37.7 Å². The number of carbonyl (C=O) groups is 1. The molecule has 3 heterocycles. The summed E-state index contributed by atoms with van der Waals surface area (Å²) in [4.78, 5) is 30.8. The monoisotopic (exact) mass is 416 g/mol. The fraction of sp³-hybridized carbons (Fsp3) is 0.292. The summed E-state index contributed by atoms with van der Waals surface area (Å²) < 4.78 is 8.80. The van der Waals surface area contributed by atoms with Gasteiger partial charge in [0.25, 0.3) is 5.56 Å². The molecule has 5 rings (SSSR count). The molecule has 1 aliphatic heterocycles. The van der Waals surface area contributed by atoms with Crippen LogP contribution in [0.25, 0.3) is 33.3 Å². The SMILES string of the molecule is COCCCNC(=O)Cn1c2c(c3ccccc31)CCn1c-2nc2ccccc2c1=O. The molecule has 31 heavy (non-hydrogen) atoms. The smallest absolute Gasteiger partial charge is 0.261 e. The first kappa shape index (κ1) is 19.5. The van der Waals surface area contributed by atoms with Gasteiger partial charge in [0.2, 0.25) is 5.91 Å². The van der Waals surface area contributed by atoms with E-state index >= 15 is 0 Å². The van der Waals surface area contributed by atoms with Gasteiger partial charge in [-0.15, -0.1) is 0 Å². The van der Waals surface area contributed by atoms with Crippen LogP contribution in [0.15, 0.2) is 53.3 Å². The van der Waals surface area contributed by atoms with Crippen LogP contribution in [0, 0.1) is 0 Å². The van der Waals surface area contributed by atoms with Gasteiger partial charge in [-0.05, 0) is 36.6 Å². The molecule has 2 aromatic heterocycles. The van der Waals surface area contributed by atoms with E-state index in [4.69, 9.17) is 9.72 Å². The van der Waals surface area contributed by atoms with Crippen LogP contribution in [0.4, 0.5) is 0 Å². The van der Waals surface area contributed by atoms with E-state index in [9.17, 15) is 9.59 Å². The first-order valence-electron chi connectivity index (χ1n) is 10.5. The Hall–Kier alpha value is -3.45. The number of hydrogen-bond donors (Lipinski definition) is 1. The Labute approximate surface area is 179 Å². The molecule has 0 saturated carbocycles. The third-order valence-electron chi connectivity index (χ3n) is 5.88. The minimum absolute atomic E-state index is 0.0351. The topological polar surface area (TPSA) is 78.2 Å². The predicted octanol–water partition coefficient (Wildman–Crippen LogP) is 2.73. The lowest BCUT2D eigenvalue weighted by atomic mass is 10.0. The molecule has 0 atom stereocenters. The van der Waals surface area contributed by atoms with E-state index in [-0.39, 0.29) is 18.0 Å². The first-order chi connectivity index (χ1) is 15.2. The number of ether oxygens (including phenoxy) is 1. The Morgan fingerprint density at radius 1 is 1.13 bits per heavy atom. The molecule has 158 valence electrons. The van der Waals surface area contributed by atoms with E-state index in [0.29, 0.717) is 36.4 Å². The molecule has 1 N–H and O–H groups in total. The maximum absolute atomic E-state index is 13.2. The summed E-state index contributed by atoms with van der Waals surface area (Å²) in [6, 6.07) is 15.5. The van der Waals surface area contributed by atoms with Crippen LogP contribution in [0.1, 0.15) is 12.0 Å². The van der Waals surface area contributed by atoms with Gasteiger partial charge in [-0.25, -0.2) is 4.98 Å². The lowest BCUT2D eigenvalue weighted by Gasteiger charge is -2.21. The molecule has 1 aliphatic rings. The van der Waals surface area contributed by atoms with Crippen molar-refractivity contribution in [1.29, 1.82) is 0 Å². The molecule has 2 aromatic carbocycles. The van der Waals surface area contributed by atoms with Crippen LogP contribution in [-0.2, 0) is 29.0 Å². The van der Waals surface area contributed by atoms with E-state index in [0.717, 1.165) is 35.0 Å². The Balaban J connectivity index is 1.65. The summed E-state index contributed by atoms with van der Waals surface area (Å²) in [7, 11) is 1.65. The van der Waals surface area contributed by atoms with E-state index in [1.165, 1.54) is 0 Å². The Morgan fingerprint density at radius 3 is 2.74 bits per heavy atom. The molecule has 0 radical (unpaired) electrons. The van der Waals surface area contributed by atoms with Crippen LogP contribution in [0.5, 0.6) is 0 Å². The minimum atomic E-state index is -0.0695. The van der Waals surface area contributed by atoms with E-state index in [1.54, 1.807) is 11.7 Å². The normalized spacial score (nSPS) is 12.7. The second-order valence-corrected chi connectivity index (χ2v) is 7.79. The average Bonchev–Trinajstić information content (AvgIpc) is 3.11. The molecule has 0 unspecified atom stereocenters. The molecule has 0 aliphatic carbocycles. The predicted molar refractivity (Wildman–Crippen MR) is 120 cm³/mol. The number of nitrogens with one attached hydrogen (secondary N) is 1. The molecule has 0 fully saturated rings. The van der Waals surface area contributed by atoms with Crippen molar-refractivity contribution < 1.29 is 9.53 Å². The van der Waals surface area contributed by atoms with Crippen molar-refractivity contribution in [3.8, 4) is 11.5 Å². The Bertz CT molecular complexity index is 1350. The highest BCUT2D eigenvalue weighted by Gasteiger charge is 2.27. The number of carbonyl (C=O) groups excluding carboxylic acids is 1. The molecule has 7 heteroatoms. The molecular formula is C24H24N4O3. The largest absolute Gasteiger partial charge is 0.385 e. The number of hydrogen-bond acceptors (Lipinski definition) is 4. The first-order valence-corrected chi connectivity index (χ1v) is 10.5. The van der Waals surface area contributed by atoms with Crippen molar-refractivity contribution in [3.63, 3.8) is 0 Å². The minimum Gasteiger partial charge on any atom is -0.385 e. The number of aromatic nitrogens is 3. The van der Waals surface area contributed by atoms with Gasteiger partial charge in [0.15, 0.2) is 5.82 Å². The van der Waals surface area contributed by atoms with Crippen molar-refractivity contribution in [3.05, 3.63) is 64.4 Å². The van der Waals surface area contributed by atoms with Crippen LogP contribution in [0.2, 0.25) is 0 Å². The third kappa shape index (κ3) is 3.31. The molecule has 0 spiro atoms. The molecular weight excluding hydrogens is 392 g/mol. The zero-order valence-electron chi connectivity index (χ0n) is 17.4. The Morgan fingerprint density at radius 2 is 1.90 bits per heavy atom. The number of para-hydroxylation sites is 2. The summed E-state index contributed by atoms with van der Waals surface area (Å²) in [6.07, 6.45) is 1.49. The number of amides is 1. The zero-order valence-corrected chi connectivity index (χ0v) is 17.4. The highest BCUT2D eigenvalue weighted by atomic mass is 16.5. The summed E-state index contributed by atoms with van der Waals surface area (Å²) in [5.74, 6) is 0.563. The maximum Gasteiger partial charge on any atom is 0.261 e. The van der Waals surface area contributed by atoms with Crippen molar-refractivity contribution in [2.24, 2.45) is 0 Å². The number of aryl methyl sites for hydroxylation is 1.